The molecule has 3 saturated carbocycles. The third-order valence-corrected chi connectivity index (χ3v) is 8.37. The van der Waals surface area contributed by atoms with Gasteiger partial charge < -0.3 is 15.3 Å². The number of aliphatic hydroxyl groups is 2. The molecule has 4 aliphatic rings. The molecule has 28 heavy (non-hydrogen) atoms. The highest BCUT2D eigenvalue weighted by Crippen LogP contribution is 2.67. The van der Waals surface area contributed by atoms with Gasteiger partial charge in [0.2, 0.25) is 0 Å². The van der Waals surface area contributed by atoms with Gasteiger partial charge in [-0.15, -0.1) is 0 Å². The molecule has 0 aromatic rings. The van der Waals surface area contributed by atoms with Crippen LogP contribution in [0.15, 0.2) is 23.8 Å². The normalized spacial score (nSPS) is 47.0. The average molecular weight is 388 g/mol. The first-order valence-electron chi connectivity index (χ1n) is 10.1. The number of carboxylic acids is 1. The molecule has 0 spiro atoms. The van der Waals surface area contributed by atoms with Crippen LogP contribution in [-0.2, 0) is 14.4 Å². The van der Waals surface area contributed by atoms with Crippen LogP contribution in [0.2, 0.25) is 0 Å². The molecule has 0 aromatic heterocycles. The third-order valence-electron chi connectivity index (χ3n) is 8.37. The quantitative estimate of drug-likeness (QED) is 0.679. The van der Waals surface area contributed by atoms with Crippen molar-refractivity contribution in [2.24, 2.45) is 40.4 Å². The SMILES string of the molecule is C[C@]12C=CC(=O)C=C1CC[C@@H]1[C@@H]2[C@@H](O)C[C@]2(C)C(C(=O)CO)[C@H](C(=O)O)C[C@@H]12. The molecule has 3 fully saturated rings. The first-order valence-corrected chi connectivity index (χ1v) is 10.1. The lowest BCUT2D eigenvalue weighted by Gasteiger charge is -2.58. The molecule has 6 nitrogen and oxygen atoms in total. The van der Waals surface area contributed by atoms with Gasteiger partial charge in [0.25, 0.3) is 0 Å². The van der Waals surface area contributed by atoms with Crippen molar-refractivity contribution in [3.05, 3.63) is 23.8 Å². The molecular weight excluding hydrogens is 360 g/mol. The number of aliphatic carboxylic acids is 1. The summed E-state index contributed by atoms with van der Waals surface area (Å²) in [7, 11) is 0. The number of rotatable bonds is 3. The second-order valence-corrected chi connectivity index (χ2v) is 9.58. The predicted molar refractivity (Wildman–Crippen MR) is 100 cm³/mol. The lowest BCUT2D eigenvalue weighted by molar-refractivity contribution is -0.151. The summed E-state index contributed by atoms with van der Waals surface area (Å²) in [4.78, 5) is 36.3. The summed E-state index contributed by atoms with van der Waals surface area (Å²) in [5, 5.41) is 30.4. The number of carboxylic acid groups (broad SMARTS) is 1. The van der Waals surface area contributed by atoms with Gasteiger partial charge in [-0.25, -0.2) is 0 Å². The van der Waals surface area contributed by atoms with Crippen molar-refractivity contribution in [3.63, 3.8) is 0 Å². The van der Waals surface area contributed by atoms with Crippen molar-refractivity contribution in [1.29, 1.82) is 0 Å². The van der Waals surface area contributed by atoms with Gasteiger partial charge in [-0.2, -0.15) is 0 Å². The Balaban J connectivity index is 1.77. The standard InChI is InChI=1S/C22H28O6/c1-21-6-5-12(24)7-11(21)3-4-13-15-8-14(20(27)28)19(17(26)10-23)22(15,2)9-16(25)18(13)21/h5-7,13-16,18-19,23,25H,3-4,8-10H2,1-2H3,(H,27,28)/t13-,14+,15-,16-,18+,19?,21-,22-/m0/s1. The molecule has 0 amide bonds. The van der Waals surface area contributed by atoms with Crippen LogP contribution in [0, 0.1) is 40.4 Å². The van der Waals surface area contributed by atoms with E-state index in [0.717, 1.165) is 18.4 Å². The van der Waals surface area contributed by atoms with E-state index in [2.05, 4.69) is 6.92 Å². The van der Waals surface area contributed by atoms with E-state index in [-0.39, 0.29) is 23.5 Å². The van der Waals surface area contributed by atoms with Gasteiger partial charge in [0, 0.05) is 17.3 Å². The molecule has 4 rings (SSSR count). The van der Waals surface area contributed by atoms with Crippen LogP contribution < -0.4 is 0 Å². The molecule has 152 valence electrons. The van der Waals surface area contributed by atoms with Crippen LogP contribution in [0.25, 0.3) is 0 Å². The zero-order valence-corrected chi connectivity index (χ0v) is 16.3. The van der Waals surface area contributed by atoms with E-state index in [1.807, 2.05) is 13.0 Å². The van der Waals surface area contributed by atoms with Gasteiger partial charge in [-0.05, 0) is 55.1 Å². The fraction of sp³-hybridized carbons (Fsp3) is 0.682. The smallest absolute Gasteiger partial charge is 0.307 e. The molecule has 0 radical (unpaired) electrons. The Bertz CT molecular complexity index is 797. The number of aliphatic hydroxyl groups excluding tert-OH is 2. The lowest BCUT2D eigenvalue weighted by Crippen LogP contribution is -2.56. The second kappa shape index (κ2) is 6.36. The monoisotopic (exact) mass is 388 g/mol. The molecule has 6 heteroatoms. The van der Waals surface area contributed by atoms with Crippen molar-refractivity contribution in [3.8, 4) is 0 Å². The van der Waals surface area contributed by atoms with Gasteiger partial charge in [0.05, 0.1) is 12.0 Å². The van der Waals surface area contributed by atoms with Gasteiger partial charge >= 0.3 is 5.97 Å². The maximum absolute atomic E-state index is 12.5. The average Bonchev–Trinajstić information content (AvgIpc) is 2.94. The molecule has 0 heterocycles. The number of fused-ring (bicyclic) bond motifs is 5. The highest BCUT2D eigenvalue weighted by molar-refractivity contribution is 6.01. The van der Waals surface area contributed by atoms with E-state index < -0.39 is 47.1 Å². The second-order valence-electron chi connectivity index (χ2n) is 9.58. The molecule has 0 bridgehead atoms. The lowest BCUT2D eigenvalue weighted by atomic mass is 9.46. The van der Waals surface area contributed by atoms with Crippen LogP contribution in [0.3, 0.4) is 0 Å². The Labute approximate surface area is 164 Å². The van der Waals surface area contributed by atoms with Crippen LogP contribution in [0.5, 0.6) is 0 Å². The van der Waals surface area contributed by atoms with Crippen LogP contribution in [0.4, 0.5) is 0 Å². The Morgan fingerprint density at radius 3 is 2.64 bits per heavy atom. The summed E-state index contributed by atoms with van der Waals surface area (Å²) in [5.41, 5.74) is -0.0235. The number of carbonyl (C=O) groups excluding carboxylic acids is 2. The number of Topliss-reactive ketones (excluding diaryl/α,β-unsaturated/α-hetero) is 1. The highest BCUT2D eigenvalue weighted by atomic mass is 16.4. The molecule has 1 unspecified atom stereocenters. The van der Waals surface area contributed by atoms with Gasteiger partial charge in [-0.1, -0.05) is 25.5 Å². The van der Waals surface area contributed by atoms with Crippen LogP contribution in [-0.4, -0.2) is 45.6 Å². The summed E-state index contributed by atoms with van der Waals surface area (Å²) in [6.45, 7) is 3.31. The molecule has 0 aliphatic heterocycles. The Morgan fingerprint density at radius 1 is 1.29 bits per heavy atom. The zero-order chi connectivity index (χ0) is 20.4. The number of ketones is 2. The summed E-state index contributed by atoms with van der Waals surface area (Å²) in [5.74, 6) is -3.10. The zero-order valence-electron chi connectivity index (χ0n) is 16.3. The Morgan fingerprint density at radius 2 is 2.00 bits per heavy atom. The Hall–Kier alpha value is -1.79. The molecule has 3 N–H and O–H groups in total. The van der Waals surface area contributed by atoms with E-state index in [0.29, 0.717) is 12.8 Å². The van der Waals surface area contributed by atoms with Crippen molar-refractivity contribution >= 4 is 17.5 Å². The van der Waals surface area contributed by atoms with E-state index in [9.17, 15) is 29.7 Å². The minimum Gasteiger partial charge on any atom is -0.481 e. The fourth-order valence-corrected chi connectivity index (χ4v) is 7.31. The van der Waals surface area contributed by atoms with Crippen molar-refractivity contribution in [1.82, 2.24) is 0 Å². The van der Waals surface area contributed by atoms with E-state index in [1.165, 1.54) is 0 Å². The van der Waals surface area contributed by atoms with Crippen molar-refractivity contribution < 1.29 is 29.7 Å². The fourth-order valence-electron chi connectivity index (χ4n) is 7.31. The molecule has 4 aliphatic carbocycles. The summed E-state index contributed by atoms with van der Waals surface area (Å²) < 4.78 is 0. The maximum atomic E-state index is 12.5. The summed E-state index contributed by atoms with van der Waals surface area (Å²) in [6, 6.07) is 0. The first-order chi connectivity index (χ1) is 13.1. The maximum Gasteiger partial charge on any atom is 0.307 e. The topological polar surface area (TPSA) is 112 Å². The van der Waals surface area contributed by atoms with E-state index in [1.54, 1.807) is 12.2 Å². The van der Waals surface area contributed by atoms with Crippen LogP contribution >= 0.6 is 0 Å². The molecular formula is C22H28O6. The minimum atomic E-state index is -1.00. The number of hydrogen-bond acceptors (Lipinski definition) is 5. The van der Waals surface area contributed by atoms with Gasteiger partial charge in [-0.3, -0.25) is 14.4 Å². The van der Waals surface area contributed by atoms with Crippen LogP contribution in [0.1, 0.15) is 39.5 Å². The number of carbonyl (C=O) groups is 3. The number of hydrogen-bond donors (Lipinski definition) is 3. The minimum absolute atomic E-state index is 0.00750. The van der Waals surface area contributed by atoms with Gasteiger partial charge in [0.15, 0.2) is 11.6 Å². The molecule has 0 aromatic carbocycles. The summed E-state index contributed by atoms with van der Waals surface area (Å²) in [6.07, 6.45) is 6.72. The highest BCUT2D eigenvalue weighted by Gasteiger charge is 2.65. The molecule has 0 saturated heterocycles. The number of allylic oxidation sites excluding steroid dienone is 4. The Kier molecular flexibility index (Phi) is 4.43. The van der Waals surface area contributed by atoms with E-state index in [4.69, 9.17) is 0 Å². The first kappa shape index (κ1) is 19.5. The van der Waals surface area contributed by atoms with Gasteiger partial charge in [0.1, 0.15) is 6.61 Å². The van der Waals surface area contributed by atoms with Crippen molar-refractivity contribution in [2.75, 3.05) is 6.61 Å². The molecule has 8 atom stereocenters. The van der Waals surface area contributed by atoms with Crippen molar-refractivity contribution in [2.45, 2.75) is 45.6 Å². The summed E-state index contributed by atoms with van der Waals surface area (Å²) >= 11 is 0. The van der Waals surface area contributed by atoms with E-state index >= 15 is 0 Å². The largest absolute Gasteiger partial charge is 0.481 e. The predicted octanol–water partition coefficient (Wildman–Crippen LogP) is 1.75. The third kappa shape index (κ3) is 2.50.